The van der Waals surface area contributed by atoms with Crippen LogP contribution in [-0.2, 0) is 6.42 Å². The summed E-state index contributed by atoms with van der Waals surface area (Å²) in [6.07, 6.45) is 0.0576. The van der Waals surface area contributed by atoms with Gasteiger partial charge in [0.05, 0.1) is 11.6 Å². The van der Waals surface area contributed by atoms with Crippen LogP contribution in [0.5, 0.6) is 17.2 Å². The molecule has 3 heterocycles. The van der Waals surface area contributed by atoms with Gasteiger partial charge in [0.2, 0.25) is 6.79 Å². The van der Waals surface area contributed by atoms with Crippen LogP contribution in [0.4, 0.5) is 0 Å². The van der Waals surface area contributed by atoms with Crippen LogP contribution in [0, 0.1) is 6.92 Å². The number of nitrogens with zero attached hydrogens (tertiary/aromatic N) is 1. The number of aliphatic hydroxyl groups excluding tert-OH is 1. The first kappa shape index (κ1) is 20.4. The molecule has 0 radical (unpaired) electrons. The van der Waals surface area contributed by atoms with E-state index in [0.717, 1.165) is 51.3 Å². The Morgan fingerprint density at radius 1 is 1.13 bits per heavy atom. The number of aliphatic hydroxyl groups is 1. The fourth-order valence-electron chi connectivity index (χ4n) is 4.33. The van der Waals surface area contributed by atoms with Gasteiger partial charge in [0.25, 0.3) is 0 Å². The van der Waals surface area contributed by atoms with Crippen molar-refractivity contribution in [2.75, 3.05) is 13.3 Å². The minimum absolute atomic E-state index is 0.267. The maximum absolute atomic E-state index is 11.1. The maximum Gasteiger partial charge on any atom is 0.231 e. The van der Waals surface area contributed by atoms with Crippen LogP contribution in [0.15, 0.2) is 36.4 Å². The summed E-state index contributed by atoms with van der Waals surface area (Å²) in [5, 5.41) is 16.1. The van der Waals surface area contributed by atoms with Crippen molar-refractivity contribution in [2.45, 2.75) is 44.9 Å². The van der Waals surface area contributed by atoms with Gasteiger partial charge in [-0.15, -0.1) is 0 Å². The van der Waals surface area contributed by atoms with Crippen molar-refractivity contribution in [2.24, 2.45) is 0 Å². The van der Waals surface area contributed by atoms with Gasteiger partial charge in [-0.05, 0) is 75.2 Å². The Hall–Kier alpha value is -2.54. The van der Waals surface area contributed by atoms with Crippen LogP contribution in [-0.4, -0.2) is 35.1 Å². The molecule has 162 valence electrons. The number of hydrogen-bond donors (Lipinski definition) is 2. The lowest BCUT2D eigenvalue weighted by molar-refractivity contribution is -0.0642. The van der Waals surface area contributed by atoms with Crippen molar-refractivity contribution in [3.63, 3.8) is 0 Å². The summed E-state index contributed by atoms with van der Waals surface area (Å²) in [5.74, 6) is 2.32. The number of fused-ring (bicyclic) bond motifs is 3. The van der Waals surface area contributed by atoms with E-state index in [1.165, 1.54) is 0 Å². The lowest BCUT2D eigenvalue weighted by Gasteiger charge is -2.42. The summed E-state index contributed by atoms with van der Waals surface area (Å²) >= 11 is 6.18. The van der Waals surface area contributed by atoms with Crippen molar-refractivity contribution in [3.8, 4) is 17.2 Å². The van der Waals surface area contributed by atoms with E-state index in [4.69, 9.17) is 25.8 Å². The van der Waals surface area contributed by atoms with Gasteiger partial charge in [0.1, 0.15) is 22.6 Å². The molecule has 0 spiro atoms. The SMILES string of the molecule is Cc1cc(Cl)nc2cc3c(cc12)OC(C)(C)C(O)C3NCCc1ccc2c(c1)OCO2. The van der Waals surface area contributed by atoms with E-state index < -0.39 is 11.7 Å². The third-order valence-electron chi connectivity index (χ3n) is 6.07. The van der Waals surface area contributed by atoms with E-state index in [9.17, 15) is 5.11 Å². The van der Waals surface area contributed by atoms with Gasteiger partial charge in [-0.2, -0.15) is 0 Å². The van der Waals surface area contributed by atoms with E-state index in [0.29, 0.717) is 11.7 Å². The van der Waals surface area contributed by atoms with Crippen LogP contribution in [0.2, 0.25) is 5.15 Å². The second kappa shape index (κ2) is 7.55. The van der Waals surface area contributed by atoms with Crippen molar-refractivity contribution >= 4 is 22.5 Å². The van der Waals surface area contributed by atoms with Crippen molar-refractivity contribution in [1.29, 1.82) is 0 Å². The summed E-state index contributed by atoms with van der Waals surface area (Å²) in [4.78, 5) is 4.48. The van der Waals surface area contributed by atoms with Gasteiger partial charge in [-0.3, -0.25) is 0 Å². The molecule has 2 aliphatic rings. The van der Waals surface area contributed by atoms with Crippen LogP contribution >= 0.6 is 11.6 Å². The first-order valence-electron chi connectivity index (χ1n) is 10.4. The summed E-state index contributed by atoms with van der Waals surface area (Å²) in [7, 11) is 0. The average molecular weight is 441 g/mol. The first-order valence-corrected chi connectivity index (χ1v) is 10.8. The molecule has 2 aromatic carbocycles. The molecule has 2 atom stereocenters. The highest BCUT2D eigenvalue weighted by Gasteiger charge is 2.43. The Morgan fingerprint density at radius 2 is 1.94 bits per heavy atom. The number of ether oxygens (including phenoxy) is 3. The van der Waals surface area contributed by atoms with Crippen LogP contribution in [0.25, 0.3) is 10.9 Å². The summed E-state index contributed by atoms with van der Waals surface area (Å²) < 4.78 is 17.0. The molecule has 3 aromatic rings. The van der Waals surface area contributed by atoms with Crippen molar-refractivity contribution in [3.05, 3.63) is 58.2 Å². The second-order valence-electron chi connectivity index (χ2n) is 8.69. The number of hydrogen-bond acceptors (Lipinski definition) is 6. The molecular formula is C24H25ClN2O4. The molecule has 2 unspecified atom stereocenters. The van der Waals surface area contributed by atoms with Gasteiger partial charge >= 0.3 is 0 Å². The topological polar surface area (TPSA) is 72.8 Å². The average Bonchev–Trinajstić information content (AvgIpc) is 3.18. The zero-order valence-corrected chi connectivity index (χ0v) is 18.5. The van der Waals surface area contributed by atoms with Gasteiger partial charge in [-0.1, -0.05) is 17.7 Å². The number of aryl methyl sites for hydroxylation is 1. The molecule has 0 amide bonds. The Kier molecular flexibility index (Phi) is 4.96. The molecule has 0 saturated heterocycles. The summed E-state index contributed by atoms with van der Waals surface area (Å²) in [6.45, 7) is 6.76. The van der Waals surface area contributed by atoms with Crippen molar-refractivity contribution < 1.29 is 19.3 Å². The quantitative estimate of drug-likeness (QED) is 0.588. The molecule has 31 heavy (non-hydrogen) atoms. The predicted octanol–water partition coefficient (Wildman–Crippen LogP) is 4.33. The van der Waals surface area contributed by atoms with Gasteiger partial charge in [0, 0.05) is 10.9 Å². The molecule has 2 aliphatic heterocycles. The highest BCUT2D eigenvalue weighted by molar-refractivity contribution is 6.29. The number of halogens is 1. The highest BCUT2D eigenvalue weighted by atomic mass is 35.5. The molecule has 0 saturated carbocycles. The highest BCUT2D eigenvalue weighted by Crippen LogP contribution is 2.42. The zero-order valence-electron chi connectivity index (χ0n) is 17.7. The zero-order chi connectivity index (χ0) is 21.8. The van der Waals surface area contributed by atoms with E-state index in [1.807, 2.05) is 57.2 Å². The third-order valence-corrected chi connectivity index (χ3v) is 6.26. The normalized spacial score (nSPS) is 21.1. The van der Waals surface area contributed by atoms with Crippen LogP contribution in [0.3, 0.4) is 0 Å². The molecule has 0 aliphatic carbocycles. The molecule has 1 aromatic heterocycles. The lowest BCUT2D eigenvalue weighted by atomic mass is 9.85. The largest absolute Gasteiger partial charge is 0.485 e. The standard InChI is InChI=1S/C24H25ClN2O4/c1-13-8-21(25)27-17-10-16-19(11-15(13)17)31-24(2,3)23(28)22(16)26-7-6-14-4-5-18-20(9-14)30-12-29-18/h4-5,8-11,22-23,26,28H,6-7,12H2,1-3H3. The molecule has 7 heteroatoms. The van der Waals surface area contributed by atoms with Gasteiger partial charge < -0.3 is 24.6 Å². The summed E-state index contributed by atoms with van der Waals surface area (Å²) in [5.41, 5.74) is 3.13. The second-order valence-corrected chi connectivity index (χ2v) is 9.08. The number of rotatable bonds is 4. The number of pyridine rings is 1. The third kappa shape index (κ3) is 3.69. The minimum Gasteiger partial charge on any atom is -0.485 e. The summed E-state index contributed by atoms with van der Waals surface area (Å²) in [6, 6.07) is 11.5. The van der Waals surface area contributed by atoms with E-state index in [2.05, 4.69) is 10.3 Å². The smallest absolute Gasteiger partial charge is 0.231 e. The molecule has 0 bridgehead atoms. The monoisotopic (exact) mass is 440 g/mol. The Morgan fingerprint density at radius 3 is 2.77 bits per heavy atom. The Bertz CT molecular complexity index is 1160. The van der Waals surface area contributed by atoms with Crippen molar-refractivity contribution in [1.82, 2.24) is 10.3 Å². The number of aromatic nitrogens is 1. The number of nitrogens with one attached hydrogen (secondary N) is 1. The minimum atomic E-state index is -0.731. The Balaban J connectivity index is 1.43. The molecule has 6 nitrogen and oxygen atoms in total. The van der Waals surface area contributed by atoms with E-state index in [1.54, 1.807) is 0 Å². The van der Waals surface area contributed by atoms with Crippen LogP contribution < -0.4 is 19.5 Å². The predicted molar refractivity (Wildman–Crippen MR) is 119 cm³/mol. The fourth-order valence-corrected chi connectivity index (χ4v) is 4.59. The maximum atomic E-state index is 11.1. The molecule has 5 rings (SSSR count). The fraction of sp³-hybridized carbons (Fsp3) is 0.375. The van der Waals surface area contributed by atoms with E-state index in [-0.39, 0.29) is 12.8 Å². The first-order chi connectivity index (χ1) is 14.8. The van der Waals surface area contributed by atoms with Gasteiger partial charge in [0.15, 0.2) is 11.5 Å². The number of benzene rings is 2. The van der Waals surface area contributed by atoms with Gasteiger partial charge in [-0.25, -0.2) is 4.98 Å². The Labute approximate surface area is 186 Å². The molecule has 2 N–H and O–H groups in total. The lowest BCUT2D eigenvalue weighted by Crippen LogP contribution is -2.52. The molecular weight excluding hydrogens is 416 g/mol. The van der Waals surface area contributed by atoms with E-state index >= 15 is 0 Å². The van der Waals surface area contributed by atoms with Crippen LogP contribution in [0.1, 0.15) is 36.6 Å². The molecule has 0 fully saturated rings.